The summed E-state index contributed by atoms with van der Waals surface area (Å²) in [4.78, 5) is 22.9. The zero-order valence-electron chi connectivity index (χ0n) is 10.2. The van der Waals surface area contributed by atoms with Gasteiger partial charge >= 0.3 is 5.97 Å². The Morgan fingerprint density at radius 3 is 2.74 bits per heavy atom. The molecular formula is C13H14FNO4. The van der Waals surface area contributed by atoms with Crippen LogP contribution in [0, 0.1) is 5.41 Å². The summed E-state index contributed by atoms with van der Waals surface area (Å²) in [5, 5.41) is 11.5. The fraction of sp³-hybridized carbons (Fsp3) is 0.385. The third kappa shape index (κ3) is 2.83. The average Bonchev–Trinajstić information content (AvgIpc) is 3.18. The summed E-state index contributed by atoms with van der Waals surface area (Å²) in [7, 11) is 0. The van der Waals surface area contributed by atoms with Crippen LogP contribution in [0.2, 0.25) is 0 Å². The first-order valence-electron chi connectivity index (χ1n) is 5.92. The van der Waals surface area contributed by atoms with Gasteiger partial charge in [-0.05, 0) is 25.0 Å². The zero-order valence-corrected chi connectivity index (χ0v) is 10.2. The van der Waals surface area contributed by atoms with Crippen LogP contribution in [-0.2, 0) is 9.59 Å². The summed E-state index contributed by atoms with van der Waals surface area (Å²) in [5.74, 6) is -1.20. The van der Waals surface area contributed by atoms with Crippen molar-refractivity contribution in [3.05, 3.63) is 24.3 Å². The van der Waals surface area contributed by atoms with Crippen LogP contribution in [0.25, 0.3) is 0 Å². The summed E-state index contributed by atoms with van der Waals surface area (Å²) in [6.07, 6.45) is 0.707. The van der Waals surface area contributed by atoms with Crippen LogP contribution >= 0.6 is 0 Å². The summed E-state index contributed by atoms with van der Waals surface area (Å²) in [6.45, 7) is -0.658. The first kappa shape index (κ1) is 13.3. The number of rotatable bonds is 6. The number of carboxylic acid groups (broad SMARTS) is 1. The SMILES string of the molecule is O=C(O)C1(C(=O)Nc2cccc(OCCF)c2)CC1. The third-order valence-electron chi connectivity index (χ3n) is 3.03. The van der Waals surface area contributed by atoms with E-state index < -0.39 is 24.0 Å². The summed E-state index contributed by atoms with van der Waals surface area (Å²) < 4.78 is 17.1. The van der Waals surface area contributed by atoms with E-state index >= 15 is 0 Å². The number of carbonyl (C=O) groups excluding carboxylic acids is 1. The van der Waals surface area contributed by atoms with Crippen molar-refractivity contribution in [2.75, 3.05) is 18.6 Å². The Labute approximate surface area is 109 Å². The van der Waals surface area contributed by atoms with Gasteiger partial charge in [0.2, 0.25) is 5.91 Å². The Kier molecular flexibility index (Phi) is 3.69. The van der Waals surface area contributed by atoms with Gasteiger partial charge in [-0.25, -0.2) is 4.39 Å². The van der Waals surface area contributed by atoms with Crippen molar-refractivity contribution in [2.45, 2.75) is 12.8 Å². The minimum absolute atomic E-state index is 0.0591. The van der Waals surface area contributed by atoms with Crippen LogP contribution < -0.4 is 10.1 Å². The molecule has 2 N–H and O–H groups in total. The molecule has 0 radical (unpaired) electrons. The second-order valence-electron chi connectivity index (χ2n) is 4.41. The Morgan fingerprint density at radius 2 is 2.16 bits per heavy atom. The van der Waals surface area contributed by atoms with Crippen LogP contribution in [0.15, 0.2) is 24.3 Å². The lowest BCUT2D eigenvalue weighted by molar-refractivity contribution is -0.147. The molecule has 1 aromatic rings. The lowest BCUT2D eigenvalue weighted by Gasteiger charge is -2.11. The smallest absolute Gasteiger partial charge is 0.319 e. The monoisotopic (exact) mass is 267 g/mol. The first-order valence-corrected chi connectivity index (χ1v) is 5.92. The van der Waals surface area contributed by atoms with E-state index in [0.29, 0.717) is 24.3 Å². The molecule has 0 aromatic heterocycles. The van der Waals surface area contributed by atoms with Crippen molar-refractivity contribution < 1.29 is 23.8 Å². The minimum atomic E-state index is -1.28. The highest BCUT2D eigenvalue weighted by Gasteiger charge is 2.57. The van der Waals surface area contributed by atoms with E-state index in [1.54, 1.807) is 18.2 Å². The molecule has 19 heavy (non-hydrogen) atoms. The molecule has 1 amide bonds. The molecule has 0 unspecified atom stereocenters. The quantitative estimate of drug-likeness (QED) is 0.771. The molecule has 6 heteroatoms. The number of ether oxygens (including phenoxy) is 1. The highest BCUT2D eigenvalue weighted by molar-refractivity contribution is 6.10. The molecule has 0 saturated heterocycles. The van der Waals surface area contributed by atoms with E-state index in [2.05, 4.69) is 5.32 Å². The molecule has 1 fully saturated rings. The number of carboxylic acids is 1. The van der Waals surface area contributed by atoms with Gasteiger partial charge in [-0.2, -0.15) is 0 Å². The van der Waals surface area contributed by atoms with Crippen molar-refractivity contribution in [3.63, 3.8) is 0 Å². The molecule has 1 aliphatic carbocycles. The van der Waals surface area contributed by atoms with Crippen molar-refractivity contribution >= 4 is 17.6 Å². The molecule has 0 spiro atoms. The lowest BCUT2D eigenvalue weighted by atomic mass is 10.1. The second kappa shape index (κ2) is 5.26. The van der Waals surface area contributed by atoms with Crippen molar-refractivity contribution in [1.82, 2.24) is 0 Å². The topological polar surface area (TPSA) is 75.6 Å². The summed E-state index contributed by atoms with van der Waals surface area (Å²) >= 11 is 0. The number of benzene rings is 1. The number of hydrogen-bond donors (Lipinski definition) is 2. The van der Waals surface area contributed by atoms with Crippen molar-refractivity contribution in [3.8, 4) is 5.75 Å². The van der Waals surface area contributed by atoms with Gasteiger partial charge in [0.15, 0.2) is 0 Å². The maximum Gasteiger partial charge on any atom is 0.319 e. The second-order valence-corrected chi connectivity index (χ2v) is 4.41. The Hall–Kier alpha value is -2.11. The number of amides is 1. The van der Waals surface area contributed by atoms with Gasteiger partial charge < -0.3 is 15.2 Å². The number of halogens is 1. The molecule has 1 aliphatic rings. The van der Waals surface area contributed by atoms with Gasteiger partial charge in [0.1, 0.15) is 24.4 Å². The minimum Gasteiger partial charge on any atom is -0.491 e. The molecule has 102 valence electrons. The van der Waals surface area contributed by atoms with E-state index in [-0.39, 0.29) is 6.61 Å². The first-order chi connectivity index (χ1) is 9.08. The van der Waals surface area contributed by atoms with E-state index in [0.717, 1.165) is 0 Å². The summed E-state index contributed by atoms with van der Waals surface area (Å²) in [6, 6.07) is 6.43. The lowest BCUT2D eigenvalue weighted by Crippen LogP contribution is -2.31. The van der Waals surface area contributed by atoms with Crippen molar-refractivity contribution in [2.24, 2.45) is 5.41 Å². The molecule has 1 aromatic carbocycles. The largest absolute Gasteiger partial charge is 0.491 e. The van der Waals surface area contributed by atoms with Gasteiger partial charge in [-0.1, -0.05) is 6.07 Å². The molecule has 0 aliphatic heterocycles. The van der Waals surface area contributed by atoms with Crippen LogP contribution in [0.3, 0.4) is 0 Å². The Morgan fingerprint density at radius 1 is 1.42 bits per heavy atom. The number of carbonyl (C=O) groups is 2. The maximum absolute atomic E-state index is 12.0. The number of nitrogens with one attached hydrogen (secondary N) is 1. The fourth-order valence-corrected chi connectivity index (χ4v) is 1.73. The number of alkyl halides is 1. The van der Waals surface area contributed by atoms with E-state index in [9.17, 15) is 14.0 Å². The van der Waals surface area contributed by atoms with Crippen LogP contribution in [0.5, 0.6) is 5.75 Å². The van der Waals surface area contributed by atoms with Gasteiger partial charge in [-0.15, -0.1) is 0 Å². The highest BCUT2D eigenvalue weighted by Crippen LogP contribution is 2.46. The maximum atomic E-state index is 12.0. The highest BCUT2D eigenvalue weighted by atomic mass is 19.1. The molecule has 5 nitrogen and oxygen atoms in total. The Bertz CT molecular complexity index is 499. The van der Waals surface area contributed by atoms with Gasteiger partial charge in [0.25, 0.3) is 0 Å². The van der Waals surface area contributed by atoms with Crippen LogP contribution in [0.1, 0.15) is 12.8 Å². The Balaban J connectivity index is 2.03. The third-order valence-corrected chi connectivity index (χ3v) is 3.03. The standard InChI is InChI=1S/C13H14FNO4/c14-6-7-19-10-3-1-2-9(8-10)15-11(16)13(4-5-13)12(17)18/h1-3,8H,4-7H2,(H,15,16)(H,17,18). The predicted molar refractivity (Wildman–Crippen MR) is 65.8 cm³/mol. The van der Waals surface area contributed by atoms with E-state index in [1.165, 1.54) is 6.07 Å². The fourth-order valence-electron chi connectivity index (χ4n) is 1.73. The molecule has 0 heterocycles. The number of aliphatic carboxylic acids is 1. The molecule has 1 saturated carbocycles. The molecule has 2 rings (SSSR count). The van der Waals surface area contributed by atoms with Gasteiger partial charge in [-0.3, -0.25) is 9.59 Å². The molecule has 0 bridgehead atoms. The predicted octanol–water partition coefficient (Wildman–Crippen LogP) is 1.84. The number of anilines is 1. The van der Waals surface area contributed by atoms with Crippen LogP contribution in [0.4, 0.5) is 10.1 Å². The van der Waals surface area contributed by atoms with E-state index in [4.69, 9.17) is 9.84 Å². The summed E-state index contributed by atoms with van der Waals surface area (Å²) in [5.41, 5.74) is -0.843. The number of hydrogen-bond acceptors (Lipinski definition) is 3. The van der Waals surface area contributed by atoms with Gasteiger partial charge in [0, 0.05) is 11.8 Å². The molecule has 0 atom stereocenters. The zero-order chi connectivity index (χ0) is 13.9. The van der Waals surface area contributed by atoms with Gasteiger partial charge in [0.05, 0.1) is 0 Å². The molecular weight excluding hydrogens is 253 g/mol. The van der Waals surface area contributed by atoms with Crippen LogP contribution in [-0.4, -0.2) is 30.3 Å². The normalized spacial score (nSPS) is 15.6. The van der Waals surface area contributed by atoms with E-state index in [1.807, 2.05) is 0 Å². The average molecular weight is 267 g/mol. The van der Waals surface area contributed by atoms with Crippen molar-refractivity contribution in [1.29, 1.82) is 0 Å².